The fourth-order valence-electron chi connectivity index (χ4n) is 1.17. The lowest BCUT2D eigenvalue weighted by molar-refractivity contribution is 0.0773. The van der Waals surface area contributed by atoms with Crippen molar-refractivity contribution in [2.75, 3.05) is 12.8 Å². The van der Waals surface area contributed by atoms with Crippen LogP contribution in [0.2, 0.25) is 0 Å². The lowest BCUT2D eigenvalue weighted by atomic mass is 10.4. The molecule has 1 aliphatic carbocycles. The molecular formula is C7H11N5O. The van der Waals surface area contributed by atoms with Crippen molar-refractivity contribution < 1.29 is 4.79 Å². The fraction of sp³-hybridized carbons (Fsp3) is 0.571. The summed E-state index contributed by atoms with van der Waals surface area (Å²) >= 11 is 0. The summed E-state index contributed by atoms with van der Waals surface area (Å²) in [6, 6.07) is 0.374. The van der Waals surface area contributed by atoms with Gasteiger partial charge in [0.1, 0.15) is 0 Å². The number of aromatic amines is 1. The Hall–Kier alpha value is -1.59. The zero-order chi connectivity index (χ0) is 9.42. The van der Waals surface area contributed by atoms with Gasteiger partial charge >= 0.3 is 0 Å². The first kappa shape index (κ1) is 8.03. The second kappa shape index (κ2) is 2.72. The van der Waals surface area contributed by atoms with Gasteiger partial charge in [0.15, 0.2) is 0 Å². The van der Waals surface area contributed by atoms with Gasteiger partial charge in [0, 0.05) is 13.1 Å². The van der Waals surface area contributed by atoms with Crippen LogP contribution < -0.4 is 5.73 Å². The van der Waals surface area contributed by atoms with Crippen molar-refractivity contribution in [2.45, 2.75) is 18.9 Å². The van der Waals surface area contributed by atoms with E-state index in [4.69, 9.17) is 5.73 Å². The highest BCUT2D eigenvalue weighted by atomic mass is 16.2. The Labute approximate surface area is 75.1 Å². The quantitative estimate of drug-likeness (QED) is 0.651. The molecule has 1 amide bonds. The number of rotatable bonds is 2. The molecule has 2 rings (SSSR count). The summed E-state index contributed by atoms with van der Waals surface area (Å²) in [6.07, 6.45) is 2.15. The second-order valence-electron chi connectivity index (χ2n) is 3.19. The minimum atomic E-state index is -0.147. The first-order chi connectivity index (χ1) is 6.18. The number of anilines is 1. The average Bonchev–Trinajstić information content (AvgIpc) is 2.87. The molecule has 70 valence electrons. The average molecular weight is 181 g/mol. The van der Waals surface area contributed by atoms with E-state index < -0.39 is 0 Å². The minimum Gasteiger partial charge on any atom is -0.366 e. The highest BCUT2D eigenvalue weighted by Crippen LogP contribution is 2.26. The Morgan fingerprint density at radius 2 is 2.38 bits per heavy atom. The minimum absolute atomic E-state index is 0.104. The second-order valence-corrected chi connectivity index (χ2v) is 3.19. The summed E-state index contributed by atoms with van der Waals surface area (Å²) in [6.45, 7) is 0. The number of nitrogens with one attached hydrogen (secondary N) is 1. The maximum atomic E-state index is 11.6. The van der Waals surface area contributed by atoms with Crippen molar-refractivity contribution in [3.05, 3.63) is 5.82 Å². The number of carbonyl (C=O) groups excluding carboxylic acids is 1. The number of amides is 1. The molecule has 1 fully saturated rings. The molecular weight excluding hydrogens is 170 g/mol. The number of nitrogen functional groups attached to an aromatic ring is 1. The van der Waals surface area contributed by atoms with Crippen molar-refractivity contribution in [2.24, 2.45) is 0 Å². The highest BCUT2D eigenvalue weighted by molar-refractivity contribution is 5.90. The Morgan fingerprint density at radius 3 is 2.85 bits per heavy atom. The summed E-state index contributed by atoms with van der Waals surface area (Å²) in [5, 5.41) is 6.09. The topological polar surface area (TPSA) is 87.9 Å². The van der Waals surface area contributed by atoms with Gasteiger partial charge in [-0.15, -0.1) is 5.10 Å². The van der Waals surface area contributed by atoms with E-state index in [0.29, 0.717) is 6.04 Å². The number of carbonyl (C=O) groups is 1. The molecule has 1 saturated carbocycles. The van der Waals surface area contributed by atoms with Gasteiger partial charge in [-0.25, -0.2) is 0 Å². The normalized spacial score (nSPS) is 15.8. The first-order valence-electron chi connectivity index (χ1n) is 4.13. The van der Waals surface area contributed by atoms with E-state index >= 15 is 0 Å². The molecule has 6 nitrogen and oxygen atoms in total. The van der Waals surface area contributed by atoms with E-state index in [2.05, 4.69) is 15.2 Å². The number of hydrogen-bond donors (Lipinski definition) is 2. The number of hydrogen-bond acceptors (Lipinski definition) is 4. The van der Waals surface area contributed by atoms with Gasteiger partial charge in [-0.2, -0.15) is 4.98 Å². The summed E-state index contributed by atoms with van der Waals surface area (Å²) < 4.78 is 0. The van der Waals surface area contributed by atoms with Crippen LogP contribution in [-0.4, -0.2) is 39.1 Å². The van der Waals surface area contributed by atoms with Crippen LogP contribution in [0, 0.1) is 0 Å². The van der Waals surface area contributed by atoms with E-state index in [-0.39, 0.29) is 17.7 Å². The maximum Gasteiger partial charge on any atom is 0.291 e. The first-order valence-corrected chi connectivity index (χ1v) is 4.13. The molecule has 3 N–H and O–H groups in total. The van der Waals surface area contributed by atoms with Crippen molar-refractivity contribution in [3.63, 3.8) is 0 Å². The maximum absolute atomic E-state index is 11.6. The summed E-state index contributed by atoms with van der Waals surface area (Å²) in [5.74, 6) is 0.172. The number of H-pyrrole nitrogens is 1. The van der Waals surface area contributed by atoms with Crippen molar-refractivity contribution >= 4 is 11.9 Å². The van der Waals surface area contributed by atoms with E-state index in [9.17, 15) is 4.79 Å². The van der Waals surface area contributed by atoms with Crippen LogP contribution in [0.25, 0.3) is 0 Å². The van der Waals surface area contributed by atoms with E-state index in [1.54, 1.807) is 11.9 Å². The molecule has 0 atom stereocenters. The third-order valence-electron chi connectivity index (χ3n) is 2.12. The van der Waals surface area contributed by atoms with Gasteiger partial charge in [0.05, 0.1) is 0 Å². The molecule has 1 aromatic heterocycles. The van der Waals surface area contributed by atoms with Crippen LogP contribution in [0.3, 0.4) is 0 Å². The molecule has 0 aliphatic heterocycles. The predicted octanol–water partition coefficient (Wildman–Crippen LogP) is -0.379. The molecule has 0 unspecified atom stereocenters. The molecule has 1 heterocycles. The Morgan fingerprint density at radius 1 is 1.69 bits per heavy atom. The smallest absolute Gasteiger partial charge is 0.291 e. The monoisotopic (exact) mass is 181 g/mol. The molecule has 0 radical (unpaired) electrons. The van der Waals surface area contributed by atoms with Crippen LogP contribution in [-0.2, 0) is 0 Å². The molecule has 0 spiro atoms. The molecule has 6 heteroatoms. The van der Waals surface area contributed by atoms with Gasteiger partial charge in [-0.05, 0) is 12.8 Å². The Bertz CT molecular complexity index is 329. The van der Waals surface area contributed by atoms with Crippen LogP contribution in [0.4, 0.5) is 5.95 Å². The van der Waals surface area contributed by atoms with Crippen LogP contribution >= 0.6 is 0 Å². The van der Waals surface area contributed by atoms with Crippen LogP contribution in [0.5, 0.6) is 0 Å². The van der Waals surface area contributed by atoms with Crippen molar-refractivity contribution in [3.8, 4) is 0 Å². The Kier molecular flexibility index (Phi) is 1.68. The predicted molar refractivity (Wildman–Crippen MR) is 45.9 cm³/mol. The standard InChI is InChI=1S/C7H11N5O/c1-12(4-2-3-4)6(13)5-9-7(8)11-10-5/h4H,2-3H2,1H3,(H3,8,9,10,11). The largest absolute Gasteiger partial charge is 0.366 e. The van der Waals surface area contributed by atoms with Gasteiger partial charge in [-0.3, -0.25) is 9.89 Å². The van der Waals surface area contributed by atoms with Crippen molar-refractivity contribution in [1.82, 2.24) is 20.1 Å². The zero-order valence-electron chi connectivity index (χ0n) is 7.32. The summed E-state index contributed by atoms with van der Waals surface area (Å²) in [7, 11) is 1.76. The molecule has 1 aromatic rings. The highest BCUT2D eigenvalue weighted by Gasteiger charge is 2.31. The van der Waals surface area contributed by atoms with E-state index in [1.165, 1.54) is 0 Å². The molecule has 1 aliphatic rings. The fourth-order valence-corrected chi connectivity index (χ4v) is 1.17. The number of nitrogens with two attached hydrogens (primary N) is 1. The van der Waals surface area contributed by atoms with Crippen LogP contribution in [0.1, 0.15) is 23.5 Å². The van der Waals surface area contributed by atoms with Gasteiger partial charge in [0.25, 0.3) is 5.91 Å². The van der Waals surface area contributed by atoms with Gasteiger partial charge in [0.2, 0.25) is 11.8 Å². The molecule has 0 saturated heterocycles. The van der Waals surface area contributed by atoms with Gasteiger partial charge in [-0.1, -0.05) is 0 Å². The van der Waals surface area contributed by atoms with Gasteiger partial charge < -0.3 is 10.6 Å². The lowest BCUT2D eigenvalue weighted by Gasteiger charge is -2.13. The third kappa shape index (κ3) is 1.47. The van der Waals surface area contributed by atoms with E-state index in [0.717, 1.165) is 12.8 Å². The van der Waals surface area contributed by atoms with Crippen LogP contribution in [0.15, 0.2) is 0 Å². The Balaban J connectivity index is 2.11. The molecule has 0 aromatic carbocycles. The SMILES string of the molecule is CN(C(=O)c1nc(N)n[nH]1)C1CC1. The number of nitrogens with zero attached hydrogens (tertiary/aromatic N) is 3. The zero-order valence-corrected chi connectivity index (χ0v) is 7.32. The summed E-state index contributed by atoms with van der Waals surface area (Å²) in [4.78, 5) is 17.0. The number of aromatic nitrogens is 3. The van der Waals surface area contributed by atoms with E-state index in [1.807, 2.05) is 0 Å². The van der Waals surface area contributed by atoms with Crippen molar-refractivity contribution in [1.29, 1.82) is 0 Å². The third-order valence-corrected chi connectivity index (χ3v) is 2.12. The molecule has 13 heavy (non-hydrogen) atoms. The molecule has 0 bridgehead atoms. The summed E-state index contributed by atoms with van der Waals surface area (Å²) in [5.41, 5.74) is 5.28. The lowest BCUT2D eigenvalue weighted by Crippen LogP contribution is -2.29.